The maximum Gasteiger partial charge on any atom is 0.525 e. The average Bonchev–Trinajstić information content (AvgIpc) is 2.88. The molecule has 3 rings (SSSR count). The number of aryl methyl sites for hydroxylation is 1. The van der Waals surface area contributed by atoms with Gasteiger partial charge in [0.15, 0.2) is 0 Å². The van der Waals surface area contributed by atoms with Crippen LogP contribution in [0.1, 0.15) is 45.2 Å². The van der Waals surface area contributed by atoms with Crippen molar-refractivity contribution in [1.29, 1.82) is 0 Å². The van der Waals surface area contributed by atoms with Gasteiger partial charge in [0.1, 0.15) is 11.5 Å². The summed E-state index contributed by atoms with van der Waals surface area (Å²) in [7, 11) is -1.02. The van der Waals surface area contributed by atoms with E-state index >= 15 is 4.39 Å². The van der Waals surface area contributed by atoms with Gasteiger partial charge in [-0.2, -0.15) is 0 Å². The molecule has 1 saturated heterocycles. The van der Waals surface area contributed by atoms with Crippen LogP contribution < -0.4 is 4.74 Å². The van der Waals surface area contributed by atoms with E-state index in [-0.39, 0.29) is 5.73 Å². The van der Waals surface area contributed by atoms with Gasteiger partial charge in [0.2, 0.25) is 0 Å². The third-order valence-electron chi connectivity index (χ3n) is 5.51. The third kappa shape index (κ3) is 4.48. The van der Waals surface area contributed by atoms with Crippen LogP contribution in [0.2, 0.25) is 0 Å². The second kappa shape index (κ2) is 8.10. The highest BCUT2D eigenvalue weighted by Gasteiger charge is 2.53. The first-order valence-electron chi connectivity index (χ1n) is 9.69. The monoisotopic (exact) mass is 382 g/mol. The first-order chi connectivity index (χ1) is 13.2. The van der Waals surface area contributed by atoms with E-state index in [1.165, 1.54) is 0 Å². The van der Waals surface area contributed by atoms with Gasteiger partial charge in [0.05, 0.1) is 17.8 Å². The Kier molecular flexibility index (Phi) is 5.97. The van der Waals surface area contributed by atoms with Crippen molar-refractivity contribution < 1.29 is 18.4 Å². The summed E-state index contributed by atoms with van der Waals surface area (Å²) in [5.41, 5.74) is 0.921. The Labute approximate surface area is 167 Å². The van der Waals surface area contributed by atoms with E-state index in [1.807, 2.05) is 89.2 Å². The topological polar surface area (TPSA) is 27.7 Å². The van der Waals surface area contributed by atoms with Gasteiger partial charge in [-0.1, -0.05) is 48.0 Å². The normalized spacial score (nSPS) is 18.7. The maximum absolute atomic E-state index is 15.5. The van der Waals surface area contributed by atoms with Crippen LogP contribution >= 0.6 is 0 Å². The molecule has 0 N–H and O–H groups in total. The van der Waals surface area contributed by atoms with Crippen LogP contribution in [-0.2, 0) is 9.31 Å². The van der Waals surface area contributed by atoms with Crippen molar-refractivity contribution in [3.05, 3.63) is 71.5 Å². The molecule has 0 spiro atoms. The molecule has 0 aromatic heterocycles. The van der Waals surface area contributed by atoms with E-state index < -0.39 is 18.3 Å². The van der Waals surface area contributed by atoms with E-state index in [9.17, 15) is 0 Å². The van der Waals surface area contributed by atoms with Gasteiger partial charge in [-0.05, 0) is 57.9 Å². The number of halogens is 1. The number of rotatable bonds is 6. The summed E-state index contributed by atoms with van der Waals surface area (Å²) in [4.78, 5) is 0. The fourth-order valence-electron chi connectivity index (χ4n) is 3.03. The van der Waals surface area contributed by atoms with Crippen molar-refractivity contribution in [3.63, 3.8) is 0 Å². The lowest BCUT2D eigenvalue weighted by atomic mass is 9.81. The number of hydrogen-bond acceptors (Lipinski definition) is 3. The van der Waals surface area contributed by atoms with Gasteiger partial charge >= 0.3 is 7.12 Å². The summed E-state index contributed by atoms with van der Waals surface area (Å²) in [5, 5.41) is 0. The molecule has 3 nitrogen and oxygen atoms in total. The number of hydrogen-bond donors (Lipinski definition) is 0. The van der Waals surface area contributed by atoms with Crippen molar-refractivity contribution >= 4 is 12.7 Å². The highest BCUT2D eigenvalue weighted by atomic mass is 19.1. The minimum atomic E-state index is -1.02. The standard InChI is InChI=1S/C23H28BFO3/c1-17-11-13-18(14-12-17)20(15-16-26-19-9-7-6-8-10-19)21(25)24-27-22(2,3)23(4,5)28-24/h6-14H,15-16H2,1-5H3. The van der Waals surface area contributed by atoms with E-state index in [1.54, 1.807) is 0 Å². The van der Waals surface area contributed by atoms with E-state index in [0.717, 1.165) is 16.9 Å². The van der Waals surface area contributed by atoms with Crippen molar-refractivity contribution in [1.82, 2.24) is 0 Å². The molecule has 28 heavy (non-hydrogen) atoms. The van der Waals surface area contributed by atoms with Crippen LogP contribution in [0.4, 0.5) is 4.39 Å². The van der Waals surface area contributed by atoms with Gasteiger partial charge in [-0.3, -0.25) is 0 Å². The van der Waals surface area contributed by atoms with Crippen LogP contribution in [-0.4, -0.2) is 24.9 Å². The summed E-state index contributed by atoms with van der Waals surface area (Å²) in [6.45, 7) is 10.1. The van der Waals surface area contributed by atoms with Gasteiger partial charge in [-0.25, -0.2) is 4.39 Å². The first kappa shape index (κ1) is 20.6. The SMILES string of the molecule is Cc1ccc(C(CCOc2ccccc2)=C(F)B2OC(C)(C)C(C)(C)O2)cc1. The predicted molar refractivity (Wildman–Crippen MR) is 112 cm³/mol. The number of benzene rings is 2. The van der Waals surface area contributed by atoms with E-state index in [4.69, 9.17) is 14.0 Å². The number of para-hydroxylation sites is 1. The first-order valence-corrected chi connectivity index (χ1v) is 9.69. The Morgan fingerprint density at radius 3 is 2.07 bits per heavy atom. The molecule has 1 fully saturated rings. The molecule has 1 aliphatic rings. The molecule has 0 unspecified atom stereocenters. The summed E-state index contributed by atoms with van der Waals surface area (Å²) >= 11 is 0. The molecule has 5 heteroatoms. The van der Waals surface area contributed by atoms with Crippen LogP contribution in [0.25, 0.3) is 5.57 Å². The lowest BCUT2D eigenvalue weighted by Crippen LogP contribution is -2.41. The quantitative estimate of drug-likeness (QED) is 0.593. The molecular weight excluding hydrogens is 354 g/mol. The largest absolute Gasteiger partial charge is 0.525 e. The Morgan fingerprint density at radius 2 is 1.50 bits per heavy atom. The lowest BCUT2D eigenvalue weighted by Gasteiger charge is -2.32. The highest BCUT2D eigenvalue weighted by Crippen LogP contribution is 2.40. The van der Waals surface area contributed by atoms with Crippen molar-refractivity contribution in [2.24, 2.45) is 0 Å². The third-order valence-corrected chi connectivity index (χ3v) is 5.51. The van der Waals surface area contributed by atoms with Crippen LogP contribution in [0.3, 0.4) is 0 Å². The van der Waals surface area contributed by atoms with Gasteiger partial charge in [-0.15, -0.1) is 0 Å². The minimum absolute atomic E-state index is 0.361. The molecule has 0 amide bonds. The Balaban J connectivity index is 1.85. The fraction of sp³-hybridized carbons (Fsp3) is 0.391. The zero-order chi connectivity index (χ0) is 20.4. The summed E-state index contributed by atoms with van der Waals surface area (Å²) in [6.07, 6.45) is 0.411. The van der Waals surface area contributed by atoms with Crippen molar-refractivity contribution in [2.45, 2.75) is 52.2 Å². The molecule has 0 bridgehead atoms. The predicted octanol–water partition coefficient (Wildman–Crippen LogP) is 5.78. The Morgan fingerprint density at radius 1 is 0.929 bits per heavy atom. The second-order valence-electron chi connectivity index (χ2n) is 8.19. The molecule has 1 heterocycles. The molecule has 0 saturated carbocycles. The summed E-state index contributed by atoms with van der Waals surface area (Å²) in [6, 6.07) is 17.3. The van der Waals surface area contributed by atoms with Gasteiger partial charge in [0, 0.05) is 6.42 Å². The van der Waals surface area contributed by atoms with Crippen LogP contribution in [0.5, 0.6) is 5.75 Å². The van der Waals surface area contributed by atoms with Gasteiger partial charge < -0.3 is 14.0 Å². The van der Waals surface area contributed by atoms with Crippen LogP contribution in [0.15, 0.2) is 60.3 Å². The molecular formula is C23H28BFO3. The summed E-state index contributed by atoms with van der Waals surface area (Å²) in [5.74, 6) is 0.766. The molecule has 148 valence electrons. The second-order valence-corrected chi connectivity index (χ2v) is 8.19. The van der Waals surface area contributed by atoms with Crippen molar-refractivity contribution in [3.8, 4) is 5.75 Å². The molecule has 0 atom stereocenters. The average molecular weight is 382 g/mol. The smallest absolute Gasteiger partial charge is 0.493 e. The Hall–Kier alpha value is -2.11. The minimum Gasteiger partial charge on any atom is -0.493 e. The fourth-order valence-corrected chi connectivity index (χ4v) is 3.03. The van der Waals surface area contributed by atoms with Crippen molar-refractivity contribution in [2.75, 3.05) is 6.61 Å². The molecule has 0 aliphatic carbocycles. The summed E-state index contributed by atoms with van der Waals surface area (Å²) < 4.78 is 33.2. The molecule has 2 aromatic rings. The lowest BCUT2D eigenvalue weighted by molar-refractivity contribution is 0.00578. The van der Waals surface area contributed by atoms with E-state index in [2.05, 4.69) is 0 Å². The molecule has 2 aromatic carbocycles. The van der Waals surface area contributed by atoms with Crippen LogP contribution in [0, 0.1) is 6.92 Å². The molecule has 1 aliphatic heterocycles. The zero-order valence-corrected chi connectivity index (χ0v) is 17.3. The Bertz CT molecular complexity index is 813. The zero-order valence-electron chi connectivity index (χ0n) is 17.3. The maximum atomic E-state index is 15.5. The van der Waals surface area contributed by atoms with Gasteiger partial charge in [0.25, 0.3) is 0 Å². The van der Waals surface area contributed by atoms with E-state index in [0.29, 0.717) is 18.6 Å². The molecule has 0 radical (unpaired) electrons. The number of ether oxygens (including phenoxy) is 1. The highest BCUT2D eigenvalue weighted by molar-refractivity contribution is 6.55.